The van der Waals surface area contributed by atoms with Crippen molar-refractivity contribution in [2.75, 3.05) is 26.2 Å². The van der Waals surface area contributed by atoms with E-state index in [4.69, 9.17) is 16.3 Å². The zero-order chi connectivity index (χ0) is 14.7. The Labute approximate surface area is 130 Å². The van der Waals surface area contributed by atoms with E-state index in [1.54, 1.807) is 24.3 Å². The van der Waals surface area contributed by atoms with Crippen LogP contribution in [0.4, 0.5) is 0 Å². The van der Waals surface area contributed by atoms with Gasteiger partial charge in [-0.05, 0) is 56.0 Å². The predicted octanol–water partition coefficient (Wildman–Crippen LogP) is 2.32. The molecule has 2 aliphatic rings. The summed E-state index contributed by atoms with van der Waals surface area (Å²) in [7, 11) is 0. The summed E-state index contributed by atoms with van der Waals surface area (Å²) in [6.45, 7) is 3.13. The Kier molecular flexibility index (Phi) is 4.66. The molecule has 1 saturated heterocycles. The molecular weight excluding hydrogens is 288 g/mol. The monoisotopic (exact) mass is 308 g/mol. The molecule has 1 aliphatic carbocycles. The lowest BCUT2D eigenvalue weighted by Crippen LogP contribution is -2.34. The molecular formula is C16H21ClN2O2. The van der Waals surface area contributed by atoms with Gasteiger partial charge in [0.1, 0.15) is 5.75 Å². The fourth-order valence-corrected chi connectivity index (χ4v) is 2.92. The van der Waals surface area contributed by atoms with E-state index in [1.807, 2.05) is 0 Å². The highest BCUT2D eigenvalue weighted by Crippen LogP contribution is 2.31. The number of hydrogen-bond donors (Lipinski definition) is 1. The van der Waals surface area contributed by atoms with E-state index < -0.39 is 0 Å². The van der Waals surface area contributed by atoms with E-state index in [0.717, 1.165) is 19.1 Å². The largest absolute Gasteiger partial charge is 0.484 e. The van der Waals surface area contributed by atoms with Crippen LogP contribution in [-0.2, 0) is 4.79 Å². The number of ether oxygens (including phenoxy) is 1. The molecule has 2 fully saturated rings. The number of nitrogens with zero attached hydrogens (tertiary/aromatic N) is 1. The number of halogens is 1. The van der Waals surface area contributed by atoms with E-state index in [9.17, 15) is 4.79 Å². The molecule has 0 spiro atoms. The quantitative estimate of drug-likeness (QED) is 0.877. The minimum atomic E-state index is -0.0604. The predicted molar refractivity (Wildman–Crippen MR) is 82.7 cm³/mol. The first-order valence-electron chi connectivity index (χ1n) is 7.60. The molecule has 0 aromatic heterocycles. The van der Waals surface area contributed by atoms with Crippen molar-refractivity contribution in [3.63, 3.8) is 0 Å². The molecule has 1 aliphatic heterocycles. The van der Waals surface area contributed by atoms with Gasteiger partial charge in [0.15, 0.2) is 6.61 Å². The lowest BCUT2D eigenvalue weighted by Gasteiger charge is -2.15. The second-order valence-corrected chi connectivity index (χ2v) is 6.36. The zero-order valence-electron chi connectivity index (χ0n) is 12.1. The van der Waals surface area contributed by atoms with E-state index in [1.165, 1.54) is 25.8 Å². The van der Waals surface area contributed by atoms with Crippen LogP contribution in [0.5, 0.6) is 5.75 Å². The molecule has 1 atom stereocenters. The molecule has 5 heteroatoms. The zero-order valence-corrected chi connectivity index (χ0v) is 12.8. The van der Waals surface area contributed by atoms with Crippen molar-refractivity contribution in [2.45, 2.75) is 25.3 Å². The SMILES string of the molecule is O=C(COc1ccc(Cl)cc1)NCC1CCN(C2CC2)C1. The summed E-state index contributed by atoms with van der Waals surface area (Å²) in [4.78, 5) is 14.3. The van der Waals surface area contributed by atoms with Gasteiger partial charge in [0.05, 0.1) is 0 Å². The fourth-order valence-electron chi connectivity index (χ4n) is 2.79. The van der Waals surface area contributed by atoms with Gasteiger partial charge in [-0.3, -0.25) is 4.79 Å². The highest BCUT2D eigenvalue weighted by atomic mass is 35.5. The van der Waals surface area contributed by atoms with Crippen LogP contribution in [0.25, 0.3) is 0 Å². The third-order valence-electron chi connectivity index (χ3n) is 4.15. The molecule has 1 aromatic carbocycles. The molecule has 1 amide bonds. The number of carbonyl (C=O) groups is 1. The van der Waals surface area contributed by atoms with E-state index >= 15 is 0 Å². The van der Waals surface area contributed by atoms with Gasteiger partial charge in [0.25, 0.3) is 5.91 Å². The van der Waals surface area contributed by atoms with Crippen LogP contribution in [0, 0.1) is 5.92 Å². The normalized spacial score (nSPS) is 22.2. The van der Waals surface area contributed by atoms with Crippen LogP contribution in [-0.4, -0.2) is 43.1 Å². The molecule has 1 unspecified atom stereocenters. The van der Waals surface area contributed by atoms with Crippen LogP contribution in [0.1, 0.15) is 19.3 Å². The standard InChI is InChI=1S/C16H21ClN2O2/c17-13-1-5-15(6-2-13)21-11-16(20)18-9-12-7-8-19(10-12)14-3-4-14/h1-2,5-6,12,14H,3-4,7-11H2,(H,18,20). The number of likely N-dealkylation sites (tertiary alicyclic amines) is 1. The van der Waals surface area contributed by atoms with Gasteiger partial charge in [0, 0.05) is 24.2 Å². The summed E-state index contributed by atoms with van der Waals surface area (Å²) in [5.41, 5.74) is 0. The minimum absolute atomic E-state index is 0.0562. The fraction of sp³-hybridized carbons (Fsp3) is 0.562. The number of benzene rings is 1. The van der Waals surface area contributed by atoms with Gasteiger partial charge in [0.2, 0.25) is 0 Å². The second-order valence-electron chi connectivity index (χ2n) is 5.93. The summed E-state index contributed by atoms with van der Waals surface area (Å²) in [6, 6.07) is 7.86. The van der Waals surface area contributed by atoms with Crippen molar-refractivity contribution in [1.82, 2.24) is 10.2 Å². The Morgan fingerprint density at radius 3 is 2.76 bits per heavy atom. The van der Waals surface area contributed by atoms with Gasteiger partial charge < -0.3 is 15.0 Å². The number of nitrogens with one attached hydrogen (secondary N) is 1. The second kappa shape index (κ2) is 6.67. The average molecular weight is 309 g/mol. The van der Waals surface area contributed by atoms with Crippen molar-refractivity contribution >= 4 is 17.5 Å². The number of amides is 1. The molecule has 1 saturated carbocycles. The van der Waals surface area contributed by atoms with Crippen LogP contribution in [0.2, 0.25) is 5.02 Å². The molecule has 1 N–H and O–H groups in total. The summed E-state index contributed by atoms with van der Waals surface area (Å²) in [6.07, 6.45) is 3.90. The van der Waals surface area contributed by atoms with Gasteiger partial charge in [-0.1, -0.05) is 11.6 Å². The summed E-state index contributed by atoms with van der Waals surface area (Å²) in [5, 5.41) is 3.63. The van der Waals surface area contributed by atoms with Crippen molar-refractivity contribution < 1.29 is 9.53 Å². The van der Waals surface area contributed by atoms with Crippen LogP contribution in [0.15, 0.2) is 24.3 Å². The smallest absolute Gasteiger partial charge is 0.257 e. The van der Waals surface area contributed by atoms with Crippen LogP contribution in [0.3, 0.4) is 0 Å². The van der Waals surface area contributed by atoms with Crippen LogP contribution < -0.4 is 10.1 Å². The first kappa shape index (κ1) is 14.7. The van der Waals surface area contributed by atoms with Crippen LogP contribution >= 0.6 is 11.6 Å². The summed E-state index contributed by atoms with van der Waals surface area (Å²) < 4.78 is 5.43. The Morgan fingerprint density at radius 2 is 2.05 bits per heavy atom. The Balaban J connectivity index is 1.33. The van der Waals surface area contributed by atoms with Gasteiger partial charge in [-0.2, -0.15) is 0 Å². The maximum Gasteiger partial charge on any atom is 0.257 e. The third-order valence-corrected chi connectivity index (χ3v) is 4.40. The van der Waals surface area contributed by atoms with Gasteiger partial charge in [-0.25, -0.2) is 0 Å². The van der Waals surface area contributed by atoms with Crippen molar-refractivity contribution in [1.29, 1.82) is 0 Å². The molecule has 114 valence electrons. The van der Waals surface area contributed by atoms with E-state index in [0.29, 0.717) is 16.7 Å². The van der Waals surface area contributed by atoms with Crippen molar-refractivity contribution in [2.24, 2.45) is 5.92 Å². The first-order valence-corrected chi connectivity index (χ1v) is 7.97. The van der Waals surface area contributed by atoms with Crippen molar-refractivity contribution in [3.8, 4) is 5.75 Å². The number of carbonyl (C=O) groups excluding carboxylic acids is 1. The van der Waals surface area contributed by atoms with Gasteiger partial charge in [-0.15, -0.1) is 0 Å². The Bertz CT molecular complexity index is 488. The van der Waals surface area contributed by atoms with E-state index in [2.05, 4.69) is 10.2 Å². The van der Waals surface area contributed by atoms with E-state index in [-0.39, 0.29) is 12.5 Å². The molecule has 1 heterocycles. The highest BCUT2D eigenvalue weighted by molar-refractivity contribution is 6.30. The Hall–Kier alpha value is -1.26. The first-order chi connectivity index (χ1) is 10.2. The molecule has 0 bridgehead atoms. The summed E-state index contributed by atoms with van der Waals surface area (Å²) in [5.74, 6) is 1.19. The number of hydrogen-bond acceptors (Lipinski definition) is 3. The number of rotatable bonds is 6. The average Bonchev–Trinajstić information content (AvgIpc) is 3.23. The molecule has 21 heavy (non-hydrogen) atoms. The molecule has 3 rings (SSSR count). The van der Waals surface area contributed by atoms with Crippen molar-refractivity contribution in [3.05, 3.63) is 29.3 Å². The minimum Gasteiger partial charge on any atom is -0.484 e. The lowest BCUT2D eigenvalue weighted by molar-refractivity contribution is -0.123. The Morgan fingerprint density at radius 1 is 1.29 bits per heavy atom. The molecule has 1 aromatic rings. The molecule has 4 nitrogen and oxygen atoms in total. The lowest BCUT2D eigenvalue weighted by atomic mass is 10.1. The molecule has 0 radical (unpaired) electrons. The van der Waals surface area contributed by atoms with Gasteiger partial charge >= 0.3 is 0 Å². The maximum atomic E-state index is 11.8. The third kappa shape index (κ3) is 4.35. The topological polar surface area (TPSA) is 41.6 Å². The maximum absolute atomic E-state index is 11.8. The summed E-state index contributed by atoms with van der Waals surface area (Å²) >= 11 is 5.80. The highest BCUT2D eigenvalue weighted by Gasteiger charge is 2.34.